The third kappa shape index (κ3) is 0.929. The zero-order chi connectivity index (χ0) is 5.28. The molecule has 2 unspecified atom stereocenters. The predicted octanol–water partition coefficient (Wildman–Crippen LogP) is 2.14. The Morgan fingerprint density at radius 2 is 2.14 bits per heavy atom. The Morgan fingerprint density at radius 3 is 2.29 bits per heavy atom. The van der Waals surface area contributed by atoms with Crippen LogP contribution in [0, 0.1) is 5.92 Å². The molecular formula is C6H11F. The van der Waals surface area contributed by atoms with Gasteiger partial charge in [0.25, 0.3) is 0 Å². The van der Waals surface area contributed by atoms with Crippen LogP contribution in [0.5, 0.6) is 0 Å². The summed E-state index contributed by atoms with van der Waals surface area (Å²) < 4.78 is 12.3. The first-order chi connectivity index (χ1) is 3.30. The normalized spacial score (nSPS) is 42.0. The van der Waals surface area contributed by atoms with Crippen LogP contribution in [0.4, 0.5) is 4.39 Å². The molecule has 0 aromatic carbocycles. The zero-order valence-corrected chi connectivity index (χ0v) is 4.65. The summed E-state index contributed by atoms with van der Waals surface area (Å²) in [6.07, 6.45) is 2.52. The van der Waals surface area contributed by atoms with Gasteiger partial charge in [0.2, 0.25) is 0 Å². The lowest BCUT2D eigenvalue weighted by Crippen LogP contribution is -2.01. The minimum atomic E-state index is -0.486. The molecule has 1 fully saturated rings. The maximum absolute atomic E-state index is 12.3. The van der Waals surface area contributed by atoms with Crippen molar-refractivity contribution < 1.29 is 4.39 Å². The minimum Gasteiger partial charge on any atom is -0.247 e. The number of alkyl halides is 1. The van der Waals surface area contributed by atoms with E-state index in [9.17, 15) is 4.39 Å². The lowest BCUT2D eigenvalue weighted by Gasteiger charge is -2.00. The summed E-state index contributed by atoms with van der Waals surface area (Å²) in [7, 11) is 0. The van der Waals surface area contributed by atoms with Gasteiger partial charge in [0.05, 0.1) is 0 Å². The Hall–Kier alpha value is -0.0700. The Kier molecular flexibility index (Phi) is 1.31. The molecule has 0 spiro atoms. The molecule has 42 valence electrons. The molecule has 0 saturated heterocycles. The highest BCUT2D eigenvalue weighted by Gasteiger charge is 2.21. The van der Waals surface area contributed by atoms with Crippen molar-refractivity contribution in [3.63, 3.8) is 0 Å². The fourth-order valence-corrected chi connectivity index (χ4v) is 1.10. The third-order valence-electron chi connectivity index (χ3n) is 1.76. The fraction of sp³-hybridized carbons (Fsp3) is 1.00. The molecule has 2 atom stereocenters. The Morgan fingerprint density at radius 1 is 1.43 bits per heavy atom. The van der Waals surface area contributed by atoms with Crippen LogP contribution in [0.3, 0.4) is 0 Å². The largest absolute Gasteiger partial charge is 0.247 e. The fourth-order valence-electron chi connectivity index (χ4n) is 1.10. The van der Waals surface area contributed by atoms with Gasteiger partial charge in [-0.3, -0.25) is 0 Å². The summed E-state index contributed by atoms with van der Waals surface area (Å²) in [4.78, 5) is 0. The number of hydrogen-bond acceptors (Lipinski definition) is 0. The Bertz CT molecular complexity index is 53.2. The van der Waals surface area contributed by atoms with Crippen molar-refractivity contribution in [1.82, 2.24) is 0 Å². The SMILES string of the molecule is CC1CCCC1F. The summed E-state index contributed by atoms with van der Waals surface area (Å²) in [6, 6.07) is 0. The predicted molar refractivity (Wildman–Crippen MR) is 27.9 cm³/mol. The van der Waals surface area contributed by atoms with E-state index in [2.05, 4.69) is 0 Å². The first-order valence-electron chi connectivity index (χ1n) is 2.95. The molecule has 0 aromatic rings. The summed E-state index contributed by atoms with van der Waals surface area (Å²) in [5, 5.41) is 0. The molecule has 1 saturated carbocycles. The van der Waals surface area contributed by atoms with Crippen LogP contribution in [0.1, 0.15) is 26.2 Å². The molecule has 7 heavy (non-hydrogen) atoms. The summed E-state index contributed by atoms with van der Waals surface area (Å²) >= 11 is 0. The second-order valence-corrected chi connectivity index (χ2v) is 2.42. The van der Waals surface area contributed by atoms with Gasteiger partial charge in [-0.15, -0.1) is 0 Å². The highest BCUT2D eigenvalue weighted by Crippen LogP contribution is 2.26. The molecule has 0 bridgehead atoms. The van der Waals surface area contributed by atoms with Crippen LogP contribution in [-0.2, 0) is 0 Å². The molecule has 0 N–H and O–H groups in total. The van der Waals surface area contributed by atoms with Crippen molar-refractivity contribution >= 4 is 0 Å². The van der Waals surface area contributed by atoms with Crippen molar-refractivity contribution in [3.05, 3.63) is 0 Å². The van der Waals surface area contributed by atoms with E-state index in [-0.39, 0.29) is 0 Å². The van der Waals surface area contributed by atoms with Crippen LogP contribution in [-0.4, -0.2) is 6.17 Å². The number of hydrogen-bond donors (Lipinski definition) is 0. The molecule has 0 radical (unpaired) electrons. The number of halogens is 1. The molecule has 0 amide bonds. The zero-order valence-electron chi connectivity index (χ0n) is 4.65. The molecule has 1 heteroatoms. The van der Waals surface area contributed by atoms with Crippen molar-refractivity contribution in [2.75, 3.05) is 0 Å². The van der Waals surface area contributed by atoms with Gasteiger partial charge in [-0.2, -0.15) is 0 Å². The van der Waals surface area contributed by atoms with Gasteiger partial charge in [0, 0.05) is 0 Å². The van der Waals surface area contributed by atoms with Crippen LogP contribution in [0.15, 0.2) is 0 Å². The highest BCUT2D eigenvalue weighted by atomic mass is 19.1. The lowest BCUT2D eigenvalue weighted by atomic mass is 10.1. The van der Waals surface area contributed by atoms with E-state index in [1.54, 1.807) is 0 Å². The van der Waals surface area contributed by atoms with E-state index in [0.29, 0.717) is 5.92 Å². The molecule has 0 heterocycles. The molecule has 1 aliphatic rings. The van der Waals surface area contributed by atoms with Crippen LogP contribution in [0.2, 0.25) is 0 Å². The van der Waals surface area contributed by atoms with E-state index < -0.39 is 6.17 Å². The molecule has 0 aromatic heterocycles. The van der Waals surface area contributed by atoms with Gasteiger partial charge in [-0.1, -0.05) is 13.3 Å². The topological polar surface area (TPSA) is 0 Å². The van der Waals surface area contributed by atoms with E-state index in [1.165, 1.54) is 0 Å². The lowest BCUT2D eigenvalue weighted by molar-refractivity contribution is 0.278. The standard InChI is InChI=1S/C6H11F/c1-5-3-2-4-6(5)7/h5-6H,2-4H2,1H3. The quantitative estimate of drug-likeness (QED) is 0.439. The van der Waals surface area contributed by atoms with Crippen molar-refractivity contribution in [3.8, 4) is 0 Å². The van der Waals surface area contributed by atoms with Crippen LogP contribution in [0.25, 0.3) is 0 Å². The maximum Gasteiger partial charge on any atom is 0.103 e. The van der Waals surface area contributed by atoms with Crippen molar-refractivity contribution in [1.29, 1.82) is 0 Å². The second-order valence-electron chi connectivity index (χ2n) is 2.42. The number of rotatable bonds is 0. The minimum absolute atomic E-state index is 0.347. The average molecular weight is 102 g/mol. The molecule has 1 aliphatic carbocycles. The third-order valence-corrected chi connectivity index (χ3v) is 1.76. The van der Waals surface area contributed by atoms with Gasteiger partial charge in [0.15, 0.2) is 0 Å². The van der Waals surface area contributed by atoms with E-state index in [4.69, 9.17) is 0 Å². The van der Waals surface area contributed by atoms with Crippen LogP contribution < -0.4 is 0 Å². The Labute approximate surface area is 43.7 Å². The van der Waals surface area contributed by atoms with Crippen molar-refractivity contribution in [2.24, 2.45) is 5.92 Å². The van der Waals surface area contributed by atoms with Crippen LogP contribution >= 0.6 is 0 Å². The van der Waals surface area contributed by atoms with E-state index in [0.717, 1.165) is 19.3 Å². The monoisotopic (exact) mass is 102 g/mol. The van der Waals surface area contributed by atoms with Gasteiger partial charge in [-0.25, -0.2) is 4.39 Å². The summed E-state index contributed by atoms with van der Waals surface area (Å²) in [5.41, 5.74) is 0. The Balaban J connectivity index is 2.33. The van der Waals surface area contributed by atoms with Gasteiger partial charge >= 0.3 is 0 Å². The molecule has 0 aliphatic heterocycles. The van der Waals surface area contributed by atoms with E-state index in [1.807, 2.05) is 6.92 Å². The summed E-state index contributed by atoms with van der Waals surface area (Å²) in [6.45, 7) is 1.98. The van der Waals surface area contributed by atoms with Gasteiger partial charge < -0.3 is 0 Å². The first kappa shape index (κ1) is 5.07. The molecule has 1 rings (SSSR count). The molecular weight excluding hydrogens is 91.1 g/mol. The highest BCUT2D eigenvalue weighted by molar-refractivity contribution is 4.72. The average Bonchev–Trinajstić information content (AvgIpc) is 1.91. The smallest absolute Gasteiger partial charge is 0.103 e. The van der Waals surface area contributed by atoms with Crippen molar-refractivity contribution in [2.45, 2.75) is 32.4 Å². The summed E-state index contributed by atoms with van der Waals surface area (Å²) in [5.74, 6) is 0.347. The second kappa shape index (κ2) is 1.81. The van der Waals surface area contributed by atoms with E-state index >= 15 is 0 Å². The first-order valence-corrected chi connectivity index (χ1v) is 2.95. The molecule has 0 nitrogen and oxygen atoms in total. The maximum atomic E-state index is 12.3. The van der Waals surface area contributed by atoms with Gasteiger partial charge in [-0.05, 0) is 18.8 Å². The van der Waals surface area contributed by atoms with Gasteiger partial charge in [0.1, 0.15) is 6.17 Å².